The van der Waals surface area contributed by atoms with Crippen LogP contribution in [-0.4, -0.2) is 20.6 Å². The first-order chi connectivity index (χ1) is 6.95. The van der Waals surface area contributed by atoms with E-state index in [-0.39, 0.29) is 0 Å². The van der Waals surface area contributed by atoms with Crippen molar-refractivity contribution in [2.75, 3.05) is 0 Å². The highest BCUT2D eigenvalue weighted by molar-refractivity contribution is 6.07. The van der Waals surface area contributed by atoms with E-state index in [1.807, 2.05) is 6.07 Å². The highest BCUT2D eigenvalue weighted by Gasteiger charge is 2.28. The molecule has 0 N–H and O–H groups in total. The highest BCUT2D eigenvalue weighted by atomic mass is 16.5. The zero-order valence-electron chi connectivity index (χ0n) is 7.06. The van der Waals surface area contributed by atoms with E-state index >= 15 is 0 Å². The summed E-state index contributed by atoms with van der Waals surface area (Å²) in [7, 11) is 0. The summed E-state index contributed by atoms with van der Waals surface area (Å²) >= 11 is 0. The van der Waals surface area contributed by atoms with Crippen LogP contribution in [-0.2, 0) is 6.42 Å². The maximum atomic E-state index is 5.08. The van der Waals surface area contributed by atoms with Crippen molar-refractivity contribution < 1.29 is 4.52 Å². The molecule has 0 bridgehead atoms. The second kappa shape index (κ2) is 1.89. The van der Waals surface area contributed by atoms with Gasteiger partial charge >= 0.3 is 0 Å². The predicted octanol–water partition coefficient (Wildman–Crippen LogP) is 1.07. The maximum Gasteiger partial charge on any atom is 0.215 e. The second-order valence-electron chi connectivity index (χ2n) is 3.38. The van der Waals surface area contributed by atoms with Crippen molar-refractivity contribution in [3.05, 3.63) is 23.4 Å². The smallest absolute Gasteiger partial charge is 0.215 e. The van der Waals surface area contributed by atoms with Crippen molar-refractivity contribution in [1.29, 1.82) is 0 Å². The van der Waals surface area contributed by atoms with E-state index in [4.69, 9.17) is 4.52 Å². The Morgan fingerprint density at radius 2 is 2.14 bits per heavy atom. The van der Waals surface area contributed by atoms with Crippen LogP contribution < -0.4 is 0 Å². The Morgan fingerprint density at radius 3 is 3.14 bits per heavy atom. The van der Waals surface area contributed by atoms with Crippen molar-refractivity contribution in [2.24, 2.45) is 0 Å². The molecule has 0 saturated heterocycles. The first-order valence-corrected chi connectivity index (χ1v) is 4.32. The molecule has 0 atom stereocenters. The summed E-state index contributed by atoms with van der Waals surface area (Å²) in [4.78, 5) is 0. The molecule has 0 spiro atoms. The lowest BCUT2D eigenvalue weighted by molar-refractivity contribution is 0.425. The number of aromatic nitrogens is 4. The van der Waals surface area contributed by atoms with Gasteiger partial charge in [-0.05, 0) is 17.2 Å². The Morgan fingerprint density at radius 1 is 1.14 bits per heavy atom. The molecule has 1 aromatic carbocycles. The fraction of sp³-hybridized carbons (Fsp3) is 0.111. The normalized spacial score (nSPS) is 13.4. The lowest BCUT2D eigenvalue weighted by atomic mass is 10.2. The summed E-state index contributed by atoms with van der Waals surface area (Å²) in [5, 5.41) is 16.5. The Balaban J connectivity index is 2.43. The molecule has 3 aromatic rings. The van der Waals surface area contributed by atoms with Crippen LogP contribution in [0, 0.1) is 0 Å². The van der Waals surface area contributed by atoms with Gasteiger partial charge in [0.1, 0.15) is 11.0 Å². The average molecular weight is 184 g/mol. The van der Waals surface area contributed by atoms with Crippen LogP contribution in [0.15, 0.2) is 16.8 Å². The van der Waals surface area contributed by atoms with Gasteiger partial charge in [-0.3, -0.25) is 0 Å². The number of nitrogens with zero attached hydrogens (tertiary/aromatic N) is 4. The number of rotatable bonds is 0. The van der Waals surface area contributed by atoms with Crippen LogP contribution >= 0.6 is 0 Å². The number of hydrogen-bond donors (Lipinski definition) is 0. The van der Waals surface area contributed by atoms with Gasteiger partial charge in [-0.1, -0.05) is 0 Å². The van der Waals surface area contributed by atoms with Gasteiger partial charge in [0.25, 0.3) is 0 Å². The second-order valence-corrected chi connectivity index (χ2v) is 3.38. The van der Waals surface area contributed by atoms with Gasteiger partial charge in [0.05, 0.1) is 6.20 Å². The summed E-state index contributed by atoms with van der Waals surface area (Å²) in [6.07, 6.45) is 2.66. The average Bonchev–Trinajstić information content (AvgIpc) is 2.89. The molecule has 14 heavy (non-hydrogen) atoms. The number of hydrogen-bond acceptors (Lipinski definition) is 5. The molecule has 1 aliphatic rings. The minimum absolute atomic E-state index is 0.657. The van der Waals surface area contributed by atoms with E-state index in [9.17, 15) is 0 Å². The van der Waals surface area contributed by atoms with E-state index in [1.54, 1.807) is 6.20 Å². The van der Waals surface area contributed by atoms with Crippen molar-refractivity contribution in [1.82, 2.24) is 20.6 Å². The predicted molar refractivity (Wildman–Crippen MR) is 47.7 cm³/mol. The Hall–Kier alpha value is -2.04. The first kappa shape index (κ1) is 6.42. The molecular weight excluding hydrogens is 180 g/mol. The van der Waals surface area contributed by atoms with E-state index in [1.165, 1.54) is 11.1 Å². The molecule has 0 saturated carbocycles. The summed E-state index contributed by atoms with van der Waals surface area (Å²) in [5.74, 6) is 0. The van der Waals surface area contributed by atoms with Gasteiger partial charge in [-0.25, -0.2) is 0 Å². The molecule has 0 aliphatic heterocycles. The summed E-state index contributed by atoms with van der Waals surface area (Å²) < 4.78 is 5.08. The Kier molecular flexibility index (Phi) is 0.868. The summed E-state index contributed by atoms with van der Waals surface area (Å²) in [6, 6.07) is 1.95. The van der Waals surface area contributed by atoms with E-state index in [2.05, 4.69) is 20.6 Å². The molecule has 5 heteroatoms. The third kappa shape index (κ3) is 0.585. The molecule has 66 valence electrons. The SMILES string of the molecule is c1cc2c3c(c4nnoc4c2nn1)C3. The van der Waals surface area contributed by atoms with E-state index < -0.39 is 0 Å². The van der Waals surface area contributed by atoms with Crippen LogP contribution in [0.1, 0.15) is 11.1 Å². The largest absolute Gasteiger partial charge is 0.334 e. The van der Waals surface area contributed by atoms with Crippen LogP contribution in [0.25, 0.3) is 22.0 Å². The molecular formula is C9H4N4O. The third-order valence-electron chi connectivity index (χ3n) is 2.63. The zero-order valence-corrected chi connectivity index (χ0v) is 7.06. The molecule has 0 amide bonds. The molecule has 2 aromatic heterocycles. The lowest BCUT2D eigenvalue weighted by Crippen LogP contribution is -1.82. The Labute approximate surface area is 77.7 Å². The number of fused-ring (bicyclic) bond motifs is 6. The third-order valence-corrected chi connectivity index (χ3v) is 2.63. The molecule has 5 nitrogen and oxygen atoms in total. The monoisotopic (exact) mass is 184 g/mol. The van der Waals surface area contributed by atoms with Crippen LogP contribution in [0.4, 0.5) is 0 Å². The van der Waals surface area contributed by atoms with Gasteiger partial charge in [-0.15, -0.1) is 10.2 Å². The van der Waals surface area contributed by atoms with Gasteiger partial charge in [-0.2, -0.15) is 5.10 Å². The van der Waals surface area contributed by atoms with Gasteiger partial charge in [0.15, 0.2) is 0 Å². The molecule has 2 heterocycles. The van der Waals surface area contributed by atoms with E-state index in [0.29, 0.717) is 5.58 Å². The molecule has 0 fully saturated rings. The lowest BCUT2D eigenvalue weighted by Gasteiger charge is -1.91. The Bertz CT molecular complexity index is 673. The minimum Gasteiger partial charge on any atom is -0.334 e. The van der Waals surface area contributed by atoms with Crippen LogP contribution in [0.3, 0.4) is 0 Å². The van der Waals surface area contributed by atoms with E-state index in [0.717, 1.165) is 22.8 Å². The van der Waals surface area contributed by atoms with Crippen LogP contribution in [0.2, 0.25) is 0 Å². The minimum atomic E-state index is 0.657. The van der Waals surface area contributed by atoms with Crippen LogP contribution in [0.5, 0.6) is 0 Å². The molecule has 0 radical (unpaired) electrons. The quantitative estimate of drug-likeness (QED) is 0.409. The fourth-order valence-corrected chi connectivity index (χ4v) is 1.90. The first-order valence-electron chi connectivity index (χ1n) is 4.32. The maximum absolute atomic E-state index is 5.08. The molecule has 1 aliphatic carbocycles. The van der Waals surface area contributed by atoms with Gasteiger partial charge < -0.3 is 4.52 Å². The highest BCUT2D eigenvalue weighted by Crippen LogP contribution is 2.40. The van der Waals surface area contributed by atoms with Crippen molar-refractivity contribution in [3.8, 4) is 0 Å². The van der Waals surface area contributed by atoms with Gasteiger partial charge in [0, 0.05) is 17.1 Å². The topological polar surface area (TPSA) is 64.7 Å². The summed E-state index contributed by atoms with van der Waals surface area (Å²) in [5.41, 5.74) is 4.81. The molecule has 0 unspecified atom stereocenters. The number of benzene rings is 1. The standard InChI is InChI=1S/C9H4N4O/c1-2-10-11-7-4(1)5-3-6(5)8-9(7)14-13-12-8/h1-2H,3H2. The van der Waals surface area contributed by atoms with Crippen molar-refractivity contribution in [2.45, 2.75) is 6.42 Å². The zero-order chi connectivity index (χ0) is 9.12. The van der Waals surface area contributed by atoms with Crippen molar-refractivity contribution in [3.63, 3.8) is 0 Å². The summed E-state index contributed by atoms with van der Waals surface area (Å²) in [6.45, 7) is 0. The molecule has 4 rings (SSSR count). The fourth-order valence-electron chi connectivity index (χ4n) is 1.90. The van der Waals surface area contributed by atoms with Gasteiger partial charge in [0.2, 0.25) is 5.58 Å². The van der Waals surface area contributed by atoms with Crippen molar-refractivity contribution >= 4 is 22.0 Å².